The van der Waals surface area contributed by atoms with Crippen molar-refractivity contribution >= 4 is 23.4 Å². The maximum Gasteiger partial charge on any atom is 0.337 e. The minimum atomic E-state index is -0.391. The van der Waals surface area contributed by atoms with Crippen molar-refractivity contribution in [3.8, 4) is 0 Å². The van der Waals surface area contributed by atoms with Crippen LogP contribution in [0.15, 0.2) is 48.5 Å². The summed E-state index contributed by atoms with van der Waals surface area (Å²) in [6.07, 6.45) is 0. The van der Waals surface area contributed by atoms with E-state index in [1.54, 1.807) is 29.2 Å². The van der Waals surface area contributed by atoms with Crippen LogP contribution in [0.2, 0.25) is 0 Å². The van der Waals surface area contributed by atoms with E-state index in [-0.39, 0.29) is 12.0 Å². The number of urea groups is 1. The van der Waals surface area contributed by atoms with E-state index < -0.39 is 5.82 Å². The van der Waals surface area contributed by atoms with Crippen LogP contribution in [0.25, 0.3) is 0 Å². The summed E-state index contributed by atoms with van der Waals surface area (Å²) in [5, 5.41) is 2.71. The van der Waals surface area contributed by atoms with Gasteiger partial charge in [0, 0.05) is 37.6 Å². The largest absolute Gasteiger partial charge is 0.465 e. The number of rotatable bonds is 3. The average molecular weight is 357 g/mol. The molecular formula is C19H20FN3O3. The first-order chi connectivity index (χ1) is 12.6. The minimum absolute atomic E-state index is 0.251. The fourth-order valence-corrected chi connectivity index (χ4v) is 2.88. The van der Waals surface area contributed by atoms with Crippen LogP contribution in [-0.2, 0) is 4.74 Å². The molecule has 1 fully saturated rings. The highest BCUT2D eigenvalue weighted by atomic mass is 19.1. The monoisotopic (exact) mass is 357 g/mol. The number of carbonyl (C=O) groups excluding carboxylic acids is 2. The third-order valence-electron chi connectivity index (χ3n) is 4.28. The fraction of sp³-hybridized carbons (Fsp3) is 0.263. The van der Waals surface area contributed by atoms with Crippen LogP contribution in [0.1, 0.15) is 10.4 Å². The normalized spacial score (nSPS) is 14.1. The van der Waals surface area contributed by atoms with Crippen molar-refractivity contribution in [3.63, 3.8) is 0 Å². The summed E-state index contributed by atoms with van der Waals surface area (Å²) in [5.74, 6) is -0.766. The van der Waals surface area contributed by atoms with Crippen molar-refractivity contribution in [1.29, 1.82) is 0 Å². The Kier molecular flexibility index (Phi) is 5.36. The number of benzene rings is 2. The third kappa shape index (κ3) is 4.11. The highest BCUT2D eigenvalue weighted by molar-refractivity contribution is 5.91. The molecule has 0 atom stereocenters. The number of nitrogens with zero attached hydrogens (tertiary/aromatic N) is 2. The lowest BCUT2D eigenvalue weighted by Crippen LogP contribution is -2.50. The predicted octanol–water partition coefficient (Wildman–Crippen LogP) is 2.97. The van der Waals surface area contributed by atoms with Gasteiger partial charge in [-0.2, -0.15) is 0 Å². The lowest BCUT2D eigenvalue weighted by molar-refractivity contribution is 0.0600. The topological polar surface area (TPSA) is 61.9 Å². The second kappa shape index (κ2) is 7.86. The van der Waals surface area contributed by atoms with Crippen LogP contribution < -0.4 is 10.2 Å². The van der Waals surface area contributed by atoms with Gasteiger partial charge in [0.25, 0.3) is 0 Å². The number of carbonyl (C=O) groups is 2. The molecule has 136 valence electrons. The summed E-state index contributed by atoms with van der Waals surface area (Å²) in [4.78, 5) is 27.8. The van der Waals surface area contributed by atoms with E-state index in [0.29, 0.717) is 37.4 Å². The zero-order valence-electron chi connectivity index (χ0n) is 14.4. The lowest BCUT2D eigenvalue weighted by atomic mass is 10.1. The molecule has 2 aromatic carbocycles. The second-order valence-electron chi connectivity index (χ2n) is 5.96. The molecule has 1 aliphatic heterocycles. The highest BCUT2D eigenvalue weighted by Gasteiger charge is 2.22. The van der Waals surface area contributed by atoms with Crippen molar-refractivity contribution in [3.05, 3.63) is 59.9 Å². The number of anilines is 2. The Morgan fingerprint density at radius 2 is 1.77 bits per heavy atom. The lowest BCUT2D eigenvalue weighted by Gasteiger charge is -2.36. The molecule has 0 bridgehead atoms. The van der Waals surface area contributed by atoms with E-state index in [1.807, 2.05) is 12.1 Å². The van der Waals surface area contributed by atoms with E-state index >= 15 is 0 Å². The quantitative estimate of drug-likeness (QED) is 0.858. The van der Waals surface area contributed by atoms with E-state index in [4.69, 9.17) is 4.74 Å². The van der Waals surface area contributed by atoms with Crippen molar-refractivity contribution in [2.45, 2.75) is 0 Å². The van der Waals surface area contributed by atoms with Gasteiger partial charge >= 0.3 is 12.0 Å². The van der Waals surface area contributed by atoms with Gasteiger partial charge in [-0.05, 0) is 36.4 Å². The molecule has 0 aliphatic carbocycles. The maximum atomic E-state index is 13.2. The summed E-state index contributed by atoms with van der Waals surface area (Å²) in [6.45, 7) is 2.34. The number of hydrogen-bond acceptors (Lipinski definition) is 4. The Balaban J connectivity index is 1.59. The number of piperazine rings is 1. The number of esters is 1. The van der Waals surface area contributed by atoms with Gasteiger partial charge in [-0.15, -0.1) is 0 Å². The summed E-state index contributed by atoms with van der Waals surface area (Å²) >= 11 is 0. The molecule has 1 aliphatic rings. The molecule has 0 unspecified atom stereocenters. The van der Waals surface area contributed by atoms with Gasteiger partial charge < -0.3 is 19.9 Å². The van der Waals surface area contributed by atoms with Gasteiger partial charge in [0.1, 0.15) is 5.82 Å². The molecule has 0 aromatic heterocycles. The molecule has 0 spiro atoms. The summed E-state index contributed by atoms with van der Waals surface area (Å²) in [6, 6.07) is 12.8. The Labute approximate surface area is 151 Å². The molecule has 0 radical (unpaired) electrons. The third-order valence-corrected chi connectivity index (χ3v) is 4.28. The first kappa shape index (κ1) is 17.7. The fourth-order valence-electron chi connectivity index (χ4n) is 2.88. The average Bonchev–Trinajstić information content (AvgIpc) is 2.67. The van der Waals surface area contributed by atoms with Crippen LogP contribution in [0.3, 0.4) is 0 Å². The molecule has 6 nitrogen and oxygen atoms in total. The number of hydrogen-bond donors (Lipinski definition) is 1. The molecule has 2 amide bonds. The van der Waals surface area contributed by atoms with Gasteiger partial charge in [-0.3, -0.25) is 0 Å². The molecule has 1 N–H and O–H groups in total. The highest BCUT2D eigenvalue weighted by Crippen LogP contribution is 2.19. The van der Waals surface area contributed by atoms with Crippen LogP contribution in [-0.4, -0.2) is 50.2 Å². The first-order valence-electron chi connectivity index (χ1n) is 8.31. The Bertz CT molecular complexity index is 804. The van der Waals surface area contributed by atoms with Gasteiger partial charge in [0.15, 0.2) is 0 Å². The smallest absolute Gasteiger partial charge is 0.337 e. The van der Waals surface area contributed by atoms with Gasteiger partial charge in [0.2, 0.25) is 0 Å². The number of ether oxygens (including phenoxy) is 1. The molecule has 0 saturated carbocycles. The van der Waals surface area contributed by atoms with Crippen LogP contribution in [0, 0.1) is 5.82 Å². The zero-order chi connectivity index (χ0) is 18.5. The second-order valence-corrected chi connectivity index (χ2v) is 5.96. The molecule has 26 heavy (non-hydrogen) atoms. The van der Waals surface area contributed by atoms with Crippen LogP contribution >= 0.6 is 0 Å². The number of amides is 2. The number of halogens is 1. The Hall–Kier alpha value is -3.09. The Morgan fingerprint density at radius 1 is 1.04 bits per heavy atom. The summed E-state index contributed by atoms with van der Waals surface area (Å²) < 4.78 is 18.0. The van der Waals surface area contributed by atoms with Crippen LogP contribution in [0.4, 0.5) is 20.6 Å². The molecule has 1 saturated heterocycles. The molecule has 2 aromatic rings. The number of nitrogens with one attached hydrogen (secondary N) is 1. The SMILES string of the molecule is COC(=O)c1cccc(N2CCN(C(=O)Nc3cccc(F)c3)CC2)c1. The van der Waals surface area contributed by atoms with Crippen LogP contribution in [0.5, 0.6) is 0 Å². The Morgan fingerprint density at radius 3 is 2.46 bits per heavy atom. The van der Waals surface area contributed by atoms with Crippen molar-refractivity contribution in [2.24, 2.45) is 0 Å². The van der Waals surface area contributed by atoms with E-state index in [2.05, 4.69) is 10.2 Å². The summed E-state index contributed by atoms with van der Waals surface area (Å²) in [5.41, 5.74) is 1.84. The minimum Gasteiger partial charge on any atom is -0.465 e. The van der Waals surface area contributed by atoms with Crippen molar-refractivity contribution in [2.75, 3.05) is 43.5 Å². The molecule has 1 heterocycles. The van der Waals surface area contributed by atoms with Gasteiger partial charge in [-0.25, -0.2) is 14.0 Å². The van der Waals surface area contributed by atoms with Crippen molar-refractivity contribution in [1.82, 2.24) is 4.90 Å². The van der Waals surface area contributed by atoms with E-state index in [1.165, 1.54) is 19.2 Å². The van der Waals surface area contributed by atoms with Gasteiger partial charge in [-0.1, -0.05) is 12.1 Å². The predicted molar refractivity (Wildman–Crippen MR) is 97.0 cm³/mol. The number of methoxy groups -OCH3 is 1. The standard InChI is InChI=1S/C19H20FN3O3/c1-26-18(24)14-4-2-7-17(12-14)22-8-10-23(11-9-22)19(25)21-16-6-3-5-15(20)13-16/h2-7,12-13H,8-11H2,1H3,(H,21,25). The van der Waals surface area contributed by atoms with Gasteiger partial charge in [0.05, 0.1) is 12.7 Å². The van der Waals surface area contributed by atoms with Crippen molar-refractivity contribution < 1.29 is 18.7 Å². The molecule has 7 heteroatoms. The molecular weight excluding hydrogens is 337 g/mol. The van der Waals surface area contributed by atoms with E-state index in [9.17, 15) is 14.0 Å². The maximum absolute atomic E-state index is 13.2. The summed E-state index contributed by atoms with van der Waals surface area (Å²) in [7, 11) is 1.35. The zero-order valence-corrected chi connectivity index (χ0v) is 14.4. The first-order valence-corrected chi connectivity index (χ1v) is 8.31. The molecule has 3 rings (SSSR count). The van der Waals surface area contributed by atoms with E-state index in [0.717, 1.165) is 5.69 Å².